The fourth-order valence-electron chi connectivity index (χ4n) is 10.4. The van der Waals surface area contributed by atoms with Gasteiger partial charge >= 0.3 is 17.9 Å². The minimum absolute atomic E-state index is 0.0698. The van der Waals surface area contributed by atoms with E-state index >= 15 is 0 Å². The van der Waals surface area contributed by atoms with Gasteiger partial charge in [-0.2, -0.15) is 0 Å². The molecule has 0 aromatic rings. The highest BCUT2D eigenvalue weighted by Gasteiger charge is 2.19. The van der Waals surface area contributed by atoms with Gasteiger partial charge in [0.25, 0.3) is 0 Å². The molecule has 0 N–H and O–H groups in total. The minimum atomic E-state index is -0.775. The van der Waals surface area contributed by atoms with Crippen LogP contribution in [-0.2, 0) is 28.6 Å². The number of ether oxygens (including phenoxy) is 3. The number of carbonyl (C=O) groups excluding carboxylic acids is 3. The van der Waals surface area contributed by atoms with Crippen LogP contribution in [0.2, 0.25) is 0 Å². The summed E-state index contributed by atoms with van der Waals surface area (Å²) in [5.41, 5.74) is 0. The fourth-order valence-corrected chi connectivity index (χ4v) is 10.4. The number of esters is 3. The molecule has 0 fully saturated rings. The second kappa shape index (κ2) is 66.9. The zero-order chi connectivity index (χ0) is 56.4. The first-order valence-corrected chi connectivity index (χ1v) is 34.6. The quantitative estimate of drug-likeness (QED) is 0.0261. The predicted molar refractivity (Wildman–Crippen MR) is 339 cm³/mol. The Balaban J connectivity index is 4.33. The molecule has 1 unspecified atom stereocenters. The molecule has 0 saturated carbocycles. The molecule has 6 heteroatoms. The van der Waals surface area contributed by atoms with Crippen molar-refractivity contribution in [1.29, 1.82) is 0 Å². The first kappa shape index (κ1) is 75.4. The zero-order valence-electron chi connectivity index (χ0n) is 52.5. The predicted octanol–water partition coefficient (Wildman–Crippen LogP) is 23.7. The van der Waals surface area contributed by atoms with Gasteiger partial charge in [0.2, 0.25) is 0 Å². The number of rotatable bonds is 64. The lowest BCUT2D eigenvalue weighted by atomic mass is 10.0. The van der Waals surface area contributed by atoms with E-state index in [4.69, 9.17) is 14.2 Å². The molecule has 0 aromatic heterocycles. The highest BCUT2D eigenvalue weighted by atomic mass is 16.6. The molecule has 0 rings (SSSR count). The molecule has 0 aromatic carbocycles. The molecular weight excluding hydrogens is 961 g/mol. The van der Waals surface area contributed by atoms with Crippen LogP contribution in [0.4, 0.5) is 0 Å². The topological polar surface area (TPSA) is 78.9 Å². The Kier molecular flexibility index (Phi) is 64.6. The molecule has 6 nitrogen and oxygen atoms in total. The van der Waals surface area contributed by atoms with Crippen molar-refractivity contribution in [2.45, 2.75) is 380 Å². The van der Waals surface area contributed by atoms with Crippen LogP contribution < -0.4 is 0 Å². The number of carbonyl (C=O) groups is 3. The molecule has 0 amide bonds. The molecule has 0 radical (unpaired) electrons. The molecule has 0 bridgehead atoms. The van der Waals surface area contributed by atoms with Gasteiger partial charge in [0.05, 0.1) is 0 Å². The lowest BCUT2D eigenvalue weighted by Gasteiger charge is -2.18. The summed E-state index contributed by atoms with van der Waals surface area (Å²) in [6.07, 6.45) is 84.1. The molecule has 78 heavy (non-hydrogen) atoms. The summed E-state index contributed by atoms with van der Waals surface area (Å²) in [5.74, 6) is -0.848. The Hall–Kier alpha value is -2.63. The van der Waals surface area contributed by atoms with Crippen molar-refractivity contribution in [3.8, 4) is 0 Å². The summed E-state index contributed by atoms with van der Waals surface area (Å²) in [6, 6.07) is 0. The Morgan fingerprint density at radius 1 is 0.269 bits per heavy atom. The molecule has 0 saturated heterocycles. The van der Waals surface area contributed by atoms with Crippen molar-refractivity contribution in [1.82, 2.24) is 0 Å². The molecule has 0 aliphatic rings. The summed E-state index contributed by atoms with van der Waals surface area (Å²) < 4.78 is 17.0. The molecular formula is C72H132O6. The number of hydrogen-bond acceptors (Lipinski definition) is 6. The van der Waals surface area contributed by atoms with Gasteiger partial charge < -0.3 is 14.2 Å². The standard InChI is InChI=1S/C72H132O6/c1-4-7-10-13-16-19-22-25-28-31-34-36-39-41-44-47-50-53-56-59-62-65-71(74)77-68-69(67-76-70(73)64-61-58-55-52-49-46-43-40-37-33-30-27-24-21-18-15-12-9-6-3)78-72(75)66-63-60-57-54-51-48-45-42-38-35-32-29-26-23-20-17-14-11-8-5-2/h7,10,16,19,25,28,34,36,69H,4-6,8-9,11-15,17-18,20-24,26-27,29-33,35,37-68H2,1-3H3/b10-7-,19-16-,28-25-,36-34-. The van der Waals surface area contributed by atoms with Crippen LogP contribution in [0.25, 0.3) is 0 Å². The molecule has 0 aliphatic carbocycles. The maximum Gasteiger partial charge on any atom is 0.306 e. The Morgan fingerprint density at radius 3 is 0.782 bits per heavy atom. The smallest absolute Gasteiger partial charge is 0.306 e. The molecule has 1 atom stereocenters. The van der Waals surface area contributed by atoms with Crippen LogP contribution >= 0.6 is 0 Å². The minimum Gasteiger partial charge on any atom is -0.462 e. The van der Waals surface area contributed by atoms with E-state index < -0.39 is 6.10 Å². The van der Waals surface area contributed by atoms with Gasteiger partial charge in [-0.05, 0) is 57.8 Å². The van der Waals surface area contributed by atoms with E-state index in [1.165, 1.54) is 244 Å². The van der Waals surface area contributed by atoms with Crippen LogP contribution in [0.1, 0.15) is 374 Å². The maximum atomic E-state index is 13.0. The summed E-state index contributed by atoms with van der Waals surface area (Å²) in [6.45, 7) is 6.60. The largest absolute Gasteiger partial charge is 0.462 e. The van der Waals surface area contributed by atoms with Gasteiger partial charge in [0.15, 0.2) is 6.10 Å². The van der Waals surface area contributed by atoms with Gasteiger partial charge in [-0.3, -0.25) is 14.4 Å². The normalized spacial score (nSPS) is 12.3. The monoisotopic (exact) mass is 1090 g/mol. The highest BCUT2D eigenvalue weighted by Crippen LogP contribution is 2.18. The first-order valence-electron chi connectivity index (χ1n) is 34.6. The van der Waals surface area contributed by atoms with Crippen molar-refractivity contribution < 1.29 is 28.6 Å². The van der Waals surface area contributed by atoms with Crippen molar-refractivity contribution in [2.75, 3.05) is 13.2 Å². The molecule has 0 heterocycles. The van der Waals surface area contributed by atoms with Gasteiger partial charge in [-0.1, -0.05) is 345 Å². The second-order valence-corrected chi connectivity index (χ2v) is 23.4. The van der Waals surface area contributed by atoms with Crippen LogP contribution in [-0.4, -0.2) is 37.2 Å². The summed E-state index contributed by atoms with van der Waals surface area (Å²) in [7, 11) is 0. The maximum absolute atomic E-state index is 13.0. The van der Waals surface area contributed by atoms with Crippen molar-refractivity contribution in [3.63, 3.8) is 0 Å². The van der Waals surface area contributed by atoms with E-state index in [1.54, 1.807) is 0 Å². The lowest BCUT2D eigenvalue weighted by molar-refractivity contribution is -0.167. The average molecular weight is 1090 g/mol. The van der Waals surface area contributed by atoms with Crippen LogP contribution in [0, 0.1) is 0 Å². The highest BCUT2D eigenvalue weighted by molar-refractivity contribution is 5.71. The Morgan fingerprint density at radius 2 is 0.500 bits per heavy atom. The number of unbranched alkanes of at least 4 members (excludes halogenated alkanes) is 45. The lowest BCUT2D eigenvalue weighted by Crippen LogP contribution is -2.30. The second-order valence-electron chi connectivity index (χ2n) is 23.4. The third-order valence-corrected chi connectivity index (χ3v) is 15.6. The van der Waals surface area contributed by atoms with Crippen LogP contribution in [0.15, 0.2) is 48.6 Å². The SMILES string of the molecule is CC/C=C\C/C=C\C/C=C\C/C=C\CCCCCCCCCCC(=O)OCC(COC(=O)CCCCCCCCCCCCCCCCCCCCC)OC(=O)CCCCCCCCCCCCCCCCCCCCCC. The van der Waals surface area contributed by atoms with Crippen LogP contribution in [0.5, 0.6) is 0 Å². The molecule has 0 aliphatic heterocycles. The van der Waals surface area contributed by atoms with Crippen molar-refractivity contribution in [3.05, 3.63) is 48.6 Å². The fraction of sp³-hybridized carbons (Fsp3) is 0.847. The molecule has 456 valence electrons. The van der Waals surface area contributed by atoms with Crippen LogP contribution in [0.3, 0.4) is 0 Å². The van der Waals surface area contributed by atoms with Gasteiger partial charge in [0.1, 0.15) is 13.2 Å². The third-order valence-electron chi connectivity index (χ3n) is 15.6. The van der Waals surface area contributed by atoms with E-state index in [0.717, 1.165) is 89.9 Å². The van der Waals surface area contributed by atoms with E-state index in [2.05, 4.69) is 69.4 Å². The van der Waals surface area contributed by atoms with E-state index in [0.29, 0.717) is 19.3 Å². The first-order chi connectivity index (χ1) is 38.5. The van der Waals surface area contributed by atoms with Gasteiger partial charge in [-0.25, -0.2) is 0 Å². The average Bonchev–Trinajstić information content (AvgIpc) is 3.44. The zero-order valence-corrected chi connectivity index (χ0v) is 52.5. The summed E-state index contributed by atoms with van der Waals surface area (Å²) >= 11 is 0. The van der Waals surface area contributed by atoms with Gasteiger partial charge in [0, 0.05) is 19.3 Å². The number of allylic oxidation sites excluding steroid dienone is 8. The van der Waals surface area contributed by atoms with Crippen molar-refractivity contribution >= 4 is 17.9 Å². The van der Waals surface area contributed by atoms with E-state index in [-0.39, 0.29) is 31.1 Å². The summed E-state index contributed by atoms with van der Waals surface area (Å²) in [5, 5.41) is 0. The van der Waals surface area contributed by atoms with E-state index in [1.807, 2.05) is 0 Å². The summed E-state index contributed by atoms with van der Waals surface area (Å²) in [4.78, 5) is 38.5. The van der Waals surface area contributed by atoms with E-state index in [9.17, 15) is 14.4 Å². The number of hydrogen-bond donors (Lipinski definition) is 0. The molecule has 0 spiro atoms. The third kappa shape index (κ3) is 64.2. The Bertz CT molecular complexity index is 1350. The van der Waals surface area contributed by atoms with Crippen molar-refractivity contribution in [2.24, 2.45) is 0 Å². The Labute approximate surface area is 486 Å². The van der Waals surface area contributed by atoms with Gasteiger partial charge in [-0.15, -0.1) is 0 Å².